The number of hydrogen-bond donors (Lipinski definition) is 2. The summed E-state index contributed by atoms with van der Waals surface area (Å²) in [4.78, 5) is 19.1. The van der Waals surface area contributed by atoms with Crippen molar-refractivity contribution in [3.05, 3.63) is 29.7 Å². The molecule has 2 aromatic rings. The monoisotopic (exact) mass is 480 g/mol. The van der Waals surface area contributed by atoms with Gasteiger partial charge in [-0.25, -0.2) is 13.8 Å². The Morgan fingerprint density at radius 3 is 2.82 bits per heavy atom. The number of nitrogens with zero attached hydrogens (tertiary/aromatic N) is 4. The minimum atomic E-state index is -2.54. The summed E-state index contributed by atoms with van der Waals surface area (Å²) < 4.78 is 29.1. The Kier molecular flexibility index (Phi) is 7.55. The first kappa shape index (κ1) is 25.3. The van der Waals surface area contributed by atoms with Crippen LogP contribution in [-0.4, -0.2) is 39.7 Å². The third-order valence-electron chi connectivity index (χ3n) is 6.47. The Hall–Kier alpha value is -2.36. The lowest BCUT2D eigenvalue weighted by Gasteiger charge is -2.38. The van der Waals surface area contributed by atoms with Crippen molar-refractivity contribution in [2.45, 2.75) is 71.5 Å². The van der Waals surface area contributed by atoms with Crippen molar-refractivity contribution in [1.82, 2.24) is 14.8 Å². The number of rotatable bonds is 6. The maximum Gasteiger partial charge on any atom is 0.248 e. The number of carbonyl (C=O) groups is 1. The SMILES string of the molecule is Cc1nc(NCc2cnn(CC3CCCC(F)(F)C3)c2)cc2c1NC(=O)[C@H](C(C)C)N2C.S. The van der Waals surface area contributed by atoms with Crippen molar-refractivity contribution in [2.24, 2.45) is 11.8 Å². The molecule has 3 heterocycles. The Morgan fingerprint density at radius 1 is 1.36 bits per heavy atom. The third kappa shape index (κ3) is 5.59. The maximum absolute atomic E-state index is 13.7. The second kappa shape index (κ2) is 9.87. The predicted octanol–water partition coefficient (Wildman–Crippen LogP) is 4.55. The van der Waals surface area contributed by atoms with E-state index in [9.17, 15) is 13.6 Å². The maximum atomic E-state index is 13.7. The number of pyridine rings is 1. The van der Waals surface area contributed by atoms with Gasteiger partial charge in [0.1, 0.15) is 11.9 Å². The fourth-order valence-electron chi connectivity index (χ4n) is 4.94. The first-order valence-corrected chi connectivity index (χ1v) is 11.3. The van der Waals surface area contributed by atoms with Gasteiger partial charge >= 0.3 is 0 Å². The van der Waals surface area contributed by atoms with E-state index in [4.69, 9.17) is 0 Å². The number of fused-ring (bicyclic) bond motifs is 1. The summed E-state index contributed by atoms with van der Waals surface area (Å²) in [5.74, 6) is -1.70. The summed E-state index contributed by atoms with van der Waals surface area (Å²) in [5, 5.41) is 10.7. The molecule has 33 heavy (non-hydrogen) atoms. The molecule has 2 aromatic heterocycles. The molecule has 10 heteroatoms. The van der Waals surface area contributed by atoms with Gasteiger partial charge in [0, 0.05) is 50.8 Å². The van der Waals surface area contributed by atoms with Crippen molar-refractivity contribution in [1.29, 1.82) is 0 Å². The average molecular weight is 481 g/mol. The van der Waals surface area contributed by atoms with Gasteiger partial charge in [-0.05, 0) is 31.6 Å². The molecule has 0 aromatic carbocycles. The third-order valence-corrected chi connectivity index (χ3v) is 6.47. The number of hydrogen-bond acceptors (Lipinski definition) is 5. The lowest BCUT2D eigenvalue weighted by molar-refractivity contribution is -0.118. The first-order valence-electron chi connectivity index (χ1n) is 11.3. The smallest absolute Gasteiger partial charge is 0.248 e. The van der Waals surface area contributed by atoms with Crippen molar-refractivity contribution >= 4 is 36.6 Å². The van der Waals surface area contributed by atoms with Crippen LogP contribution in [-0.2, 0) is 17.9 Å². The van der Waals surface area contributed by atoms with Crippen molar-refractivity contribution < 1.29 is 13.6 Å². The van der Waals surface area contributed by atoms with Crippen LogP contribution in [0.5, 0.6) is 0 Å². The fraction of sp³-hybridized carbons (Fsp3) is 0.609. The van der Waals surface area contributed by atoms with Gasteiger partial charge in [-0.1, -0.05) is 13.8 Å². The van der Waals surface area contributed by atoms with E-state index in [2.05, 4.69) is 20.7 Å². The number of amides is 1. The Balaban J connectivity index is 0.00000306. The zero-order valence-corrected chi connectivity index (χ0v) is 20.7. The van der Waals surface area contributed by atoms with Gasteiger partial charge in [0.15, 0.2) is 0 Å². The topological polar surface area (TPSA) is 75.1 Å². The van der Waals surface area contributed by atoms with E-state index >= 15 is 0 Å². The van der Waals surface area contributed by atoms with Crippen LogP contribution in [0.2, 0.25) is 0 Å². The average Bonchev–Trinajstić information content (AvgIpc) is 3.13. The molecular weight excluding hydrogens is 446 g/mol. The lowest BCUT2D eigenvalue weighted by Crippen LogP contribution is -2.49. The van der Waals surface area contributed by atoms with Crippen LogP contribution in [0.15, 0.2) is 18.5 Å². The number of aromatic nitrogens is 3. The minimum absolute atomic E-state index is 0. The largest absolute Gasteiger partial charge is 0.366 e. The zero-order valence-electron chi connectivity index (χ0n) is 19.7. The molecule has 1 amide bonds. The summed E-state index contributed by atoms with van der Waals surface area (Å²) in [5.41, 5.74) is 3.40. The van der Waals surface area contributed by atoms with E-state index in [1.165, 1.54) is 0 Å². The van der Waals surface area contributed by atoms with Gasteiger partial charge in [0.05, 0.1) is 23.3 Å². The van der Waals surface area contributed by atoms with Crippen LogP contribution in [0, 0.1) is 18.8 Å². The van der Waals surface area contributed by atoms with Gasteiger partial charge in [0.25, 0.3) is 0 Å². The van der Waals surface area contributed by atoms with Gasteiger partial charge in [-0.15, -0.1) is 0 Å². The van der Waals surface area contributed by atoms with Crippen molar-refractivity contribution in [2.75, 3.05) is 22.6 Å². The van der Waals surface area contributed by atoms with Crippen LogP contribution in [0.3, 0.4) is 0 Å². The molecule has 2 atom stereocenters. The molecule has 2 aliphatic rings. The van der Waals surface area contributed by atoms with Gasteiger partial charge in [0.2, 0.25) is 11.8 Å². The lowest BCUT2D eigenvalue weighted by atomic mass is 9.86. The van der Waals surface area contributed by atoms with Crippen LogP contribution in [0.25, 0.3) is 0 Å². The molecule has 4 rings (SSSR count). The van der Waals surface area contributed by atoms with Crippen LogP contribution >= 0.6 is 13.5 Å². The van der Waals surface area contributed by atoms with Gasteiger partial charge in [-0.2, -0.15) is 18.6 Å². The first-order chi connectivity index (χ1) is 15.1. The highest BCUT2D eigenvalue weighted by molar-refractivity contribution is 7.59. The number of likely N-dealkylation sites (N-methyl/N-ethyl adjacent to an activating group) is 1. The number of aryl methyl sites for hydroxylation is 1. The number of halogens is 2. The molecule has 0 spiro atoms. The predicted molar refractivity (Wildman–Crippen MR) is 131 cm³/mol. The minimum Gasteiger partial charge on any atom is -0.366 e. The molecular formula is C23H34F2N6OS. The quantitative estimate of drug-likeness (QED) is 0.635. The molecule has 1 aliphatic carbocycles. The van der Waals surface area contributed by atoms with Crippen molar-refractivity contribution in [3.8, 4) is 0 Å². The zero-order chi connectivity index (χ0) is 23.0. The number of anilines is 3. The fourth-order valence-corrected chi connectivity index (χ4v) is 4.94. The van der Waals surface area contributed by atoms with Crippen LogP contribution in [0.1, 0.15) is 50.8 Å². The molecule has 0 saturated heterocycles. The van der Waals surface area contributed by atoms with E-state index in [0.717, 1.165) is 29.1 Å². The Labute approximate surface area is 200 Å². The highest BCUT2D eigenvalue weighted by Crippen LogP contribution is 2.38. The molecule has 2 N–H and O–H groups in total. The van der Waals surface area contributed by atoms with E-state index in [1.807, 2.05) is 45.0 Å². The summed E-state index contributed by atoms with van der Waals surface area (Å²) in [6, 6.07) is 1.72. The van der Waals surface area contributed by atoms with E-state index in [-0.39, 0.29) is 50.1 Å². The molecule has 1 fully saturated rings. The normalized spacial score (nSPS) is 21.9. The van der Waals surface area contributed by atoms with Crippen LogP contribution in [0.4, 0.5) is 26.0 Å². The van der Waals surface area contributed by atoms with E-state index in [0.29, 0.717) is 25.3 Å². The summed E-state index contributed by atoms with van der Waals surface area (Å²) in [6.07, 6.45) is 5.01. The molecule has 7 nitrogen and oxygen atoms in total. The molecule has 1 aliphatic heterocycles. The van der Waals surface area contributed by atoms with Crippen LogP contribution < -0.4 is 15.5 Å². The second-order valence-corrected chi connectivity index (χ2v) is 9.52. The van der Waals surface area contributed by atoms with Crippen molar-refractivity contribution in [3.63, 3.8) is 0 Å². The Morgan fingerprint density at radius 2 is 2.12 bits per heavy atom. The standard InChI is InChI=1S/C23H32F2N6O.H2S/c1-14(2)21-22(32)29-20-15(3)28-19(8-18(20)30(21)4)26-10-17-11-27-31(13-17)12-16-6-5-7-23(24,25)9-16;/h8,11,13-14,16,21H,5-7,9-10,12H2,1-4H3,(H,26,28)(H,29,32);1H2/t16?,21-;/m0./s1. The Bertz CT molecular complexity index is 995. The number of carbonyl (C=O) groups excluding carboxylic acids is 1. The van der Waals surface area contributed by atoms with Gasteiger partial charge < -0.3 is 15.5 Å². The summed E-state index contributed by atoms with van der Waals surface area (Å²) in [7, 11) is 1.93. The molecule has 0 radical (unpaired) electrons. The number of alkyl halides is 2. The molecule has 0 bridgehead atoms. The molecule has 1 unspecified atom stereocenters. The second-order valence-electron chi connectivity index (χ2n) is 9.52. The van der Waals surface area contributed by atoms with Gasteiger partial charge in [-0.3, -0.25) is 9.48 Å². The highest BCUT2D eigenvalue weighted by Gasteiger charge is 2.36. The number of nitrogens with one attached hydrogen (secondary N) is 2. The highest BCUT2D eigenvalue weighted by atomic mass is 32.1. The molecule has 1 saturated carbocycles. The molecule has 182 valence electrons. The summed E-state index contributed by atoms with van der Waals surface area (Å²) >= 11 is 0. The van der Waals surface area contributed by atoms with E-state index in [1.54, 1.807) is 10.9 Å². The van der Waals surface area contributed by atoms with E-state index < -0.39 is 5.92 Å². The summed E-state index contributed by atoms with van der Waals surface area (Å²) in [6.45, 7) is 6.99.